The van der Waals surface area contributed by atoms with E-state index in [0.717, 1.165) is 9.13 Å². The second-order valence-electron chi connectivity index (χ2n) is 6.24. The first-order chi connectivity index (χ1) is 14.4. The van der Waals surface area contributed by atoms with Crippen LogP contribution in [0.1, 0.15) is 10.4 Å². The van der Waals surface area contributed by atoms with Gasteiger partial charge in [-0.1, -0.05) is 29.3 Å². The molecule has 0 bridgehead atoms. The number of amides is 1. The highest BCUT2D eigenvalue weighted by molar-refractivity contribution is 14.1. The number of rotatable bonds is 3. The van der Waals surface area contributed by atoms with Crippen molar-refractivity contribution in [2.75, 3.05) is 5.32 Å². The van der Waals surface area contributed by atoms with Crippen molar-refractivity contribution in [1.29, 1.82) is 0 Å². The summed E-state index contributed by atoms with van der Waals surface area (Å²) in [6.07, 6.45) is 0. The molecule has 0 aliphatic carbocycles. The number of aromatic nitrogens is 1. The lowest BCUT2D eigenvalue weighted by molar-refractivity contribution is 0.0977. The molecular formula is C21H12Cl2IN3O2S. The van der Waals surface area contributed by atoms with E-state index in [1.807, 2.05) is 18.2 Å². The van der Waals surface area contributed by atoms with Crippen molar-refractivity contribution in [2.45, 2.75) is 0 Å². The lowest BCUT2D eigenvalue weighted by atomic mass is 10.2. The van der Waals surface area contributed by atoms with E-state index in [0.29, 0.717) is 38.3 Å². The molecular weight excluding hydrogens is 556 g/mol. The summed E-state index contributed by atoms with van der Waals surface area (Å²) in [6.45, 7) is 0. The lowest BCUT2D eigenvalue weighted by Crippen LogP contribution is -2.34. The summed E-state index contributed by atoms with van der Waals surface area (Å²) in [5, 5.41) is 6.79. The van der Waals surface area contributed by atoms with Gasteiger partial charge in [0, 0.05) is 19.8 Å². The molecule has 0 spiro atoms. The summed E-state index contributed by atoms with van der Waals surface area (Å²) in [5.41, 5.74) is 3.04. The van der Waals surface area contributed by atoms with Gasteiger partial charge >= 0.3 is 0 Å². The van der Waals surface area contributed by atoms with Crippen LogP contribution in [0.3, 0.4) is 0 Å². The van der Waals surface area contributed by atoms with Gasteiger partial charge in [-0.3, -0.25) is 10.1 Å². The Balaban J connectivity index is 1.51. The number of nitrogens with one attached hydrogen (secondary N) is 2. The molecule has 4 rings (SSSR count). The second-order valence-corrected chi connectivity index (χ2v) is 8.74. The summed E-state index contributed by atoms with van der Waals surface area (Å²) in [6, 6.07) is 17.6. The van der Waals surface area contributed by atoms with Crippen molar-refractivity contribution in [1.82, 2.24) is 10.3 Å². The first-order valence-corrected chi connectivity index (χ1v) is 10.9. The molecule has 150 valence electrons. The van der Waals surface area contributed by atoms with E-state index in [9.17, 15) is 4.79 Å². The highest BCUT2D eigenvalue weighted by Crippen LogP contribution is 2.32. The van der Waals surface area contributed by atoms with Gasteiger partial charge in [0.05, 0.1) is 10.6 Å². The average Bonchev–Trinajstić information content (AvgIpc) is 3.12. The summed E-state index contributed by atoms with van der Waals surface area (Å²) >= 11 is 19.7. The van der Waals surface area contributed by atoms with E-state index >= 15 is 0 Å². The van der Waals surface area contributed by atoms with Crippen LogP contribution in [-0.4, -0.2) is 16.0 Å². The van der Waals surface area contributed by atoms with Crippen molar-refractivity contribution in [3.8, 4) is 11.5 Å². The Morgan fingerprint density at radius 2 is 1.90 bits per heavy atom. The molecule has 4 aromatic rings. The van der Waals surface area contributed by atoms with Crippen LogP contribution in [-0.2, 0) is 0 Å². The summed E-state index contributed by atoms with van der Waals surface area (Å²) in [7, 11) is 0. The van der Waals surface area contributed by atoms with E-state index in [1.54, 1.807) is 42.5 Å². The lowest BCUT2D eigenvalue weighted by Gasteiger charge is -2.09. The minimum Gasteiger partial charge on any atom is -0.436 e. The molecule has 1 aromatic heterocycles. The predicted molar refractivity (Wildman–Crippen MR) is 132 cm³/mol. The average molecular weight is 568 g/mol. The van der Waals surface area contributed by atoms with E-state index < -0.39 is 0 Å². The van der Waals surface area contributed by atoms with Crippen LogP contribution in [0.15, 0.2) is 65.1 Å². The zero-order valence-corrected chi connectivity index (χ0v) is 19.6. The molecule has 0 radical (unpaired) electrons. The third-order valence-electron chi connectivity index (χ3n) is 4.12. The molecule has 5 nitrogen and oxygen atoms in total. The molecule has 3 aromatic carbocycles. The molecule has 9 heteroatoms. The maximum atomic E-state index is 12.3. The molecule has 0 aliphatic heterocycles. The number of anilines is 1. The maximum Gasteiger partial charge on any atom is 0.257 e. The highest BCUT2D eigenvalue weighted by atomic mass is 127. The Hall–Kier alpha value is -2.20. The van der Waals surface area contributed by atoms with Gasteiger partial charge in [-0.05, 0) is 89.4 Å². The SMILES string of the molecule is O=C(NC(=S)Nc1ccc2oc(-c3cc(I)ccc3Cl)nc2c1)c1cccc(Cl)c1. The quantitative estimate of drug-likeness (QED) is 0.217. The molecule has 0 unspecified atom stereocenters. The summed E-state index contributed by atoms with van der Waals surface area (Å²) in [4.78, 5) is 16.8. The van der Waals surface area contributed by atoms with Gasteiger partial charge in [0.2, 0.25) is 5.89 Å². The van der Waals surface area contributed by atoms with Crippen LogP contribution in [0.25, 0.3) is 22.6 Å². The number of oxazole rings is 1. The van der Waals surface area contributed by atoms with Crippen LogP contribution < -0.4 is 10.6 Å². The van der Waals surface area contributed by atoms with Crippen LogP contribution in [0.2, 0.25) is 10.0 Å². The number of carbonyl (C=O) groups excluding carboxylic acids is 1. The van der Waals surface area contributed by atoms with Crippen molar-refractivity contribution < 1.29 is 9.21 Å². The van der Waals surface area contributed by atoms with Crippen LogP contribution >= 0.6 is 58.0 Å². The minimum atomic E-state index is -0.354. The fraction of sp³-hybridized carbons (Fsp3) is 0. The number of fused-ring (bicyclic) bond motifs is 1. The van der Waals surface area contributed by atoms with Gasteiger partial charge in [0.1, 0.15) is 5.52 Å². The standard InChI is InChI=1S/C21H12Cl2IN3O2S/c22-12-3-1-2-11(8-12)19(28)27-21(30)25-14-5-7-18-17(10-14)26-20(29-18)15-9-13(24)4-6-16(15)23/h1-10H,(H2,25,27,28,30). The Morgan fingerprint density at radius 1 is 1.07 bits per heavy atom. The highest BCUT2D eigenvalue weighted by Gasteiger charge is 2.13. The number of benzene rings is 3. The number of halogens is 3. The van der Waals surface area contributed by atoms with E-state index in [4.69, 9.17) is 39.8 Å². The molecule has 30 heavy (non-hydrogen) atoms. The first kappa shape index (κ1) is 21.0. The van der Waals surface area contributed by atoms with Crippen LogP contribution in [0.5, 0.6) is 0 Å². The summed E-state index contributed by atoms with van der Waals surface area (Å²) in [5.74, 6) is 0.0793. The van der Waals surface area contributed by atoms with Crippen molar-refractivity contribution in [3.05, 3.63) is 79.8 Å². The van der Waals surface area contributed by atoms with E-state index in [2.05, 4.69) is 38.2 Å². The summed E-state index contributed by atoms with van der Waals surface area (Å²) < 4.78 is 6.87. The first-order valence-electron chi connectivity index (χ1n) is 8.63. The predicted octanol–water partition coefficient (Wildman–Crippen LogP) is 6.53. The monoisotopic (exact) mass is 567 g/mol. The number of nitrogens with zero attached hydrogens (tertiary/aromatic N) is 1. The van der Waals surface area contributed by atoms with Crippen molar-refractivity contribution in [2.24, 2.45) is 0 Å². The topological polar surface area (TPSA) is 67.2 Å². The zero-order valence-electron chi connectivity index (χ0n) is 15.1. The third-order valence-corrected chi connectivity index (χ3v) is 5.56. The maximum absolute atomic E-state index is 12.3. The Morgan fingerprint density at radius 3 is 2.70 bits per heavy atom. The minimum absolute atomic E-state index is 0.156. The number of hydrogen-bond donors (Lipinski definition) is 2. The molecule has 2 N–H and O–H groups in total. The number of carbonyl (C=O) groups is 1. The number of hydrogen-bond acceptors (Lipinski definition) is 4. The fourth-order valence-corrected chi connectivity index (χ4v) is 3.84. The third kappa shape index (κ3) is 4.75. The molecule has 0 atom stereocenters. The van der Waals surface area contributed by atoms with Crippen molar-refractivity contribution >= 4 is 85.8 Å². The van der Waals surface area contributed by atoms with E-state index in [1.165, 1.54) is 0 Å². The van der Waals surface area contributed by atoms with Gasteiger partial charge in [-0.15, -0.1) is 0 Å². The van der Waals surface area contributed by atoms with Crippen molar-refractivity contribution in [3.63, 3.8) is 0 Å². The van der Waals surface area contributed by atoms with E-state index in [-0.39, 0.29) is 11.0 Å². The molecule has 0 saturated carbocycles. The van der Waals surface area contributed by atoms with Gasteiger partial charge in [-0.2, -0.15) is 0 Å². The Labute approximate surface area is 200 Å². The van der Waals surface area contributed by atoms with Gasteiger partial charge in [0.25, 0.3) is 5.91 Å². The molecule has 0 fully saturated rings. The fourth-order valence-electron chi connectivity index (χ4n) is 2.75. The normalized spacial score (nSPS) is 10.8. The second kappa shape index (κ2) is 8.89. The largest absolute Gasteiger partial charge is 0.436 e. The van der Waals surface area contributed by atoms with Gasteiger partial charge < -0.3 is 9.73 Å². The van der Waals surface area contributed by atoms with Gasteiger partial charge in [-0.25, -0.2) is 4.98 Å². The van der Waals surface area contributed by atoms with Crippen LogP contribution in [0, 0.1) is 3.57 Å². The smallest absolute Gasteiger partial charge is 0.257 e. The Bertz CT molecular complexity index is 1290. The number of thiocarbonyl (C=S) groups is 1. The zero-order chi connectivity index (χ0) is 21.3. The van der Waals surface area contributed by atoms with Crippen LogP contribution in [0.4, 0.5) is 5.69 Å². The Kier molecular flexibility index (Phi) is 6.24. The molecule has 0 saturated heterocycles. The molecule has 1 amide bonds. The van der Waals surface area contributed by atoms with Gasteiger partial charge in [0.15, 0.2) is 10.7 Å². The molecule has 1 heterocycles. The molecule has 0 aliphatic rings.